The van der Waals surface area contributed by atoms with Gasteiger partial charge in [0.25, 0.3) is 0 Å². The molecule has 0 aromatic carbocycles. The highest BCUT2D eigenvalue weighted by Crippen LogP contribution is 2.30. The molecule has 1 spiro atoms. The van der Waals surface area contributed by atoms with Gasteiger partial charge in [-0.1, -0.05) is 0 Å². The molecule has 4 heteroatoms. The van der Waals surface area contributed by atoms with Crippen LogP contribution in [0.5, 0.6) is 0 Å². The van der Waals surface area contributed by atoms with E-state index in [2.05, 4.69) is 5.32 Å². The third-order valence-corrected chi connectivity index (χ3v) is 4.13. The molecule has 0 aromatic rings. The van der Waals surface area contributed by atoms with Crippen LogP contribution >= 0.6 is 11.8 Å². The Morgan fingerprint density at radius 2 is 2.57 bits per heavy atom. The van der Waals surface area contributed by atoms with Crippen LogP contribution in [0.25, 0.3) is 0 Å². The smallest absolute Gasteiger partial charge is 0.128 e. The summed E-state index contributed by atoms with van der Waals surface area (Å²) in [5, 5.41) is 3.60. The fourth-order valence-electron chi connectivity index (χ4n) is 2.21. The van der Waals surface area contributed by atoms with Gasteiger partial charge in [0.1, 0.15) is 5.72 Å². The van der Waals surface area contributed by atoms with Gasteiger partial charge in [-0.2, -0.15) is 11.8 Å². The van der Waals surface area contributed by atoms with Crippen molar-refractivity contribution < 1.29 is 9.47 Å². The van der Waals surface area contributed by atoms with Crippen LogP contribution in [0, 0.1) is 0 Å². The number of hydrogen-bond acceptors (Lipinski definition) is 4. The van der Waals surface area contributed by atoms with E-state index in [4.69, 9.17) is 9.47 Å². The maximum atomic E-state index is 5.90. The monoisotopic (exact) mass is 217 g/mol. The molecule has 2 heterocycles. The molecule has 14 heavy (non-hydrogen) atoms. The average Bonchev–Trinajstić information content (AvgIpc) is 2.19. The molecular formula is C10H19NO2S. The number of thioether (sulfide) groups is 1. The van der Waals surface area contributed by atoms with Gasteiger partial charge in [-0.15, -0.1) is 0 Å². The predicted molar refractivity (Wildman–Crippen MR) is 58.7 cm³/mol. The van der Waals surface area contributed by atoms with Crippen molar-refractivity contribution >= 4 is 11.8 Å². The summed E-state index contributed by atoms with van der Waals surface area (Å²) in [6.07, 6.45) is 3.48. The fourth-order valence-corrected chi connectivity index (χ4v) is 3.34. The van der Waals surface area contributed by atoms with Gasteiger partial charge in [0.05, 0.1) is 13.2 Å². The van der Waals surface area contributed by atoms with Crippen LogP contribution in [0.15, 0.2) is 0 Å². The van der Waals surface area contributed by atoms with Gasteiger partial charge < -0.3 is 9.47 Å². The standard InChI is InChI=1S/C10H19NO2S/c1-12-7-9-3-5-13-10(11-9)4-2-6-14-8-10/h9,11H,2-8H2,1H3. The normalized spacial score (nSPS) is 38.8. The SMILES string of the molecule is COCC1CCOC2(CCCSC2)N1. The Morgan fingerprint density at radius 3 is 3.29 bits per heavy atom. The molecule has 0 amide bonds. The summed E-state index contributed by atoms with van der Waals surface area (Å²) < 4.78 is 11.1. The lowest BCUT2D eigenvalue weighted by atomic mass is 10.0. The van der Waals surface area contributed by atoms with Crippen LogP contribution in [0.2, 0.25) is 0 Å². The van der Waals surface area contributed by atoms with Crippen molar-refractivity contribution in [1.29, 1.82) is 0 Å². The number of methoxy groups -OCH3 is 1. The van der Waals surface area contributed by atoms with Crippen LogP contribution in [0.1, 0.15) is 19.3 Å². The minimum atomic E-state index is -0.0373. The molecule has 2 aliphatic heterocycles. The van der Waals surface area contributed by atoms with Gasteiger partial charge >= 0.3 is 0 Å². The highest BCUT2D eigenvalue weighted by Gasteiger charge is 2.38. The first-order chi connectivity index (χ1) is 6.85. The van der Waals surface area contributed by atoms with Crippen molar-refractivity contribution in [2.45, 2.75) is 31.0 Å². The van der Waals surface area contributed by atoms with Crippen LogP contribution in [-0.2, 0) is 9.47 Å². The quantitative estimate of drug-likeness (QED) is 0.754. The van der Waals surface area contributed by atoms with E-state index in [1.165, 1.54) is 12.2 Å². The summed E-state index contributed by atoms with van der Waals surface area (Å²) in [6, 6.07) is 0.479. The Hall–Kier alpha value is 0.230. The summed E-state index contributed by atoms with van der Waals surface area (Å²) in [4.78, 5) is 0. The lowest BCUT2D eigenvalue weighted by Gasteiger charge is -2.44. The second-order valence-corrected chi connectivity index (χ2v) is 5.19. The van der Waals surface area contributed by atoms with Crippen molar-refractivity contribution in [3.8, 4) is 0 Å². The number of hydrogen-bond donors (Lipinski definition) is 1. The second kappa shape index (κ2) is 4.84. The second-order valence-electron chi connectivity index (χ2n) is 4.08. The minimum absolute atomic E-state index is 0.0373. The first kappa shape index (κ1) is 10.7. The van der Waals surface area contributed by atoms with E-state index in [0.717, 1.165) is 31.8 Å². The molecule has 0 aromatic heterocycles. The molecule has 0 aliphatic carbocycles. The fraction of sp³-hybridized carbons (Fsp3) is 1.00. The molecule has 2 rings (SSSR count). The Morgan fingerprint density at radius 1 is 1.64 bits per heavy atom. The lowest BCUT2D eigenvalue weighted by molar-refractivity contribution is -0.108. The van der Waals surface area contributed by atoms with Gasteiger partial charge in [0.2, 0.25) is 0 Å². The van der Waals surface area contributed by atoms with Crippen LogP contribution in [0.4, 0.5) is 0 Å². The van der Waals surface area contributed by atoms with Gasteiger partial charge in [-0.3, -0.25) is 5.32 Å². The Labute approximate surface area is 89.9 Å². The highest BCUT2D eigenvalue weighted by atomic mass is 32.2. The molecule has 0 bridgehead atoms. The van der Waals surface area contributed by atoms with Crippen molar-refractivity contribution in [2.24, 2.45) is 0 Å². The van der Waals surface area contributed by atoms with Gasteiger partial charge in [-0.05, 0) is 25.0 Å². The molecular weight excluding hydrogens is 198 g/mol. The van der Waals surface area contributed by atoms with E-state index in [9.17, 15) is 0 Å². The topological polar surface area (TPSA) is 30.5 Å². The molecule has 1 N–H and O–H groups in total. The molecule has 2 atom stereocenters. The Balaban J connectivity index is 1.91. The first-order valence-electron chi connectivity index (χ1n) is 5.33. The van der Waals surface area contributed by atoms with Crippen molar-refractivity contribution in [2.75, 3.05) is 31.8 Å². The summed E-state index contributed by atoms with van der Waals surface area (Å²) in [5.74, 6) is 2.37. The Bertz CT molecular complexity index is 175. The molecule has 2 fully saturated rings. The lowest BCUT2D eigenvalue weighted by Crippen LogP contribution is -2.60. The summed E-state index contributed by atoms with van der Waals surface area (Å²) in [6.45, 7) is 1.68. The van der Waals surface area contributed by atoms with Crippen molar-refractivity contribution in [3.63, 3.8) is 0 Å². The van der Waals surface area contributed by atoms with E-state index >= 15 is 0 Å². The van der Waals surface area contributed by atoms with Crippen LogP contribution in [0.3, 0.4) is 0 Å². The number of nitrogens with one attached hydrogen (secondary N) is 1. The number of rotatable bonds is 2. The first-order valence-corrected chi connectivity index (χ1v) is 6.48. The molecule has 82 valence electrons. The van der Waals surface area contributed by atoms with E-state index in [1.807, 2.05) is 11.8 Å². The summed E-state index contributed by atoms with van der Waals surface area (Å²) in [5.41, 5.74) is -0.0373. The van der Waals surface area contributed by atoms with Crippen LogP contribution in [-0.4, -0.2) is 43.6 Å². The zero-order chi connectivity index (χ0) is 9.86. The number of ether oxygens (including phenoxy) is 2. The van der Waals surface area contributed by atoms with E-state index < -0.39 is 0 Å². The third-order valence-electron chi connectivity index (χ3n) is 2.88. The van der Waals surface area contributed by atoms with E-state index in [0.29, 0.717) is 6.04 Å². The molecule has 2 aliphatic rings. The van der Waals surface area contributed by atoms with Gasteiger partial charge in [-0.25, -0.2) is 0 Å². The highest BCUT2D eigenvalue weighted by molar-refractivity contribution is 7.99. The largest absolute Gasteiger partial charge is 0.383 e. The predicted octanol–water partition coefficient (Wildman–Crippen LogP) is 1.23. The zero-order valence-electron chi connectivity index (χ0n) is 8.75. The maximum Gasteiger partial charge on any atom is 0.128 e. The molecule has 0 saturated carbocycles. The van der Waals surface area contributed by atoms with Crippen LogP contribution < -0.4 is 5.32 Å². The van der Waals surface area contributed by atoms with Crippen molar-refractivity contribution in [1.82, 2.24) is 5.32 Å². The van der Waals surface area contributed by atoms with Gasteiger partial charge in [0.15, 0.2) is 0 Å². The summed E-state index contributed by atoms with van der Waals surface area (Å²) in [7, 11) is 1.76. The summed E-state index contributed by atoms with van der Waals surface area (Å²) >= 11 is 1.99. The molecule has 2 saturated heterocycles. The van der Waals surface area contributed by atoms with E-state index in [-0.39, 0.29) is 5.72 Å². The molecule has 2 unspecified atom stereocenters. The van der Waals surface area contributed by atoms with Gasteiger partial charge in [0, 0.05) is 18.9 Å². The average molecular weight is 217 g/mol. The van der Waals surface area contributed by atoms with E-state index in [1.54, 1.807) is 7.11 Å². The molecule has 0 radical (unpaired) electrons. The zero-order valence-corrected chi connectivity index (χ0v) is 9.57. The minimum Gasteiger partial charge on any atom is -0.383 e. The molecule has 3 nitrogen and oxygen atoms in total. The maximum absolute atomic E-state index is 5.90. The van der Waals surface area contributed by atoms with Crippen molar-refractivity contribution in [3.05, 3.63) is 0 Å². The third kappa shape index (κ3) is 2.42. The Kier molecular flexibility index (Phi) is 3.71.